The lowest BCUT2D eigenvalue weighted by molar-refractivity contribution is 0.0985. The highest BCUT2D eigenvalue weighted by Gasteiger charge is 2.25. The topological polar surface area (TPSA) is 133 Å². The first-order chi connectivity index (χ1) is 14.3. The Morgan fingerprint density at radius 3 is 2.90 bits per heavy atom. The van der Waals surface area contributed by atoms with Crippen LogP contribution in [0.4, 0.5) is 15.7 Å². The molecule has 2 aliphatic rings. The SMILES string of the molecule is C[C@H]1COCCN1c1cc(CS(C)(O)O)nc(-c2cnc(NC(=O)NC3CC3)s2)n1. The quantitative estimate of drug-likeness (QED) is 0.524. The number of rotatable bonds is 6. The Morgan fingerprint density at radius 2 is 2.20 bits per heavy atom. The maximum absolute atomic E-state index is 12.0. The first-order valence-electron chi connectivity index (χ1n) is 9.74. The van der Waals surface area contributed by atoms with Crippen LogP contribution in [0.25, 0.3) is 10.7 Å². The van der Waals surface area contributed by atoms with Crippen molar-refractivity contribution in [2.75, 3.05) is 36.2 Å². The first-order valence-corrected chi connectivity index (χ1v) is 12.7. The number of amides is 2. The van der Waals surface area contributed by atoms with Crippen molar-refractivity contribution in [2.24, 2.45) is 0 Å². The van der Waals surface area contributed by atoms with Crippen molar-refractivity contribution in [2.45, 2.75) is 37.6 Å². The molecule has 0 bridgehead atoms. The molecule has 4 N–H and O–H groups in total. The zero-order chi connectivity index (χ0) is 21.3. The molecular formula is C18H26N6O4S2. The summed E-state index contributed by atoms with van der Waals surface area (Å²) in [7, 11) is -2.76. The zero-order valence-corrected chi connectivity index (χ0v) is 18.5. The smallest absolute Gasteiger partial charge is 0.321 e. The average molecular weight is 455 g/mol. The largest absolute Gasteiger partial charge is 0.377 e. The van der Waals surface area contributed by atoms with Gasteiger partial charge in [0, 0.05) is 24.9 Å². The summed E-state index contributed by atoms with van der Waals surface area (Å²) in [5.74, 6) is 1.20. The molecule has 30 heavy (non-hydrogen) atoms. The number of aromatic nitrogens is 3. The van der Waals surface area contributed by atoms with Gasteiger partial charge in [0.15, 0.2) is 11.0 Å². The third-order valence-electron chi connectivity index (χ3n) is 4.71. The fourth-order valence-electron chi connectivity index (χ4n) is 3.14. The van der Waals surface area contributed by atoms with E-state index in [0.717, 1.165) is 12.8 Å². The molecule has 1 aliphatic carbocycles. The summed E-state index contributed by atoms with van der Waals surface area (Å²) >= 11 is 1.28. The van der Waals surface area contributed by atoms with Gasteiger partial charge in [-0.25, -0.2) is 19.7 Å². The first kappa shape index (κ1) is 21.2. The van der Waals surface area contributed by atoms with Crippen molar-refractivity contribution in [1.29, 1.82) is 0 Å². The van der Waals surface area contributed by atoms with Crippen molar-refractivity contribution < 1.29 is 18.6 Å². The molecule has 1 aliphatic heterocycles. The van der Waals surface area contributed by atoms with Crippen molar-refractivity contribution in [3.63, 3.8) is 0 Å². The van der Waals surface area contributed by atoms with E-state index in [2.05, 4.69) is 32.4 Å². The molecule has 12 heteroatoms. The Bertz CT molecular complexity index is 914. The molecule has 0 spiro atoms. The molecule has 3 heterocycles. The molecule has 2 amide bonds. The Labute approximate surface area is 180 Å². The highest BCUT2D eigenvalue weighted by Crippen LogP contribution is 2.39. The van der Waals surface area contributed by atoms with Crippen LogP contribution in [0.2, 0.25) is 0 Å². The van der Waals surface area contributed by atoms with Gasteiger partial charge >= 0.3 is 6.03 Å². The fraction of sp³-hybridized carbons (Fsp3) is 0.556. The molecule has 164 valence electrons. The van der Waals surface area contributed by atoms with Crippen LogP contribution in [-0.4, -0.2) is 68.2 Å². The number of carbonyl (C=O) groups is 1. The van der Waals surface area contributed by atoms with Crippen LogP contribution in [0.3, 0.4) is 0 Å². The Kier molecular flexibility index (Phi) is 6.11. The third kappa shape index (κ3) is 5.58. The van der Waals surface area contributed by atoms with Crippen LogP contribution >= 0.6 is 21.9 Å². The Balaban J connectivity index is 1.60. The number of thiazole rings is 1. The standard InChI is InChI=1S/C18H26N6O4S2/c1-11-9-28-6-5-24(11)15-7-13(10-30(2,26)27)20-16(22-15)14-8-19-18(29-14)23-17(25)21-12-3-4-12/h7-8,11-12,26-27H,3-6,9-10H2,1-2H3,(H2,19,21,23,25)/t11-/m0/s1. The molecule has 0 aromatic carbocycles. The van der Waals surface area contributed by atoms with Crippen LogP contribution in [0.15, 0.2) is 12.3 Å². The van der Waals surface area contributed by atoms with Gasteiger partial charge in [0.05, 0.1) is 41.8 Å². The number of morpholine rings is 1. The predicted octanol–water partition coefficient (Wildman–Crippen LogP) is 2.99. The van der Waals surface area contributed by atoms with Crippen LogP contribution in [0.5, 0.6) is 0 Å². The molecule has 2 fully saturated rings. The lowest BCUT2D eigenvalue weighted by Gasteiger charge is -2.35. The van der Waals surface area contributed by atoms with Crippen LogP contribution < -0.4 is 15.5 Å². The molecule has 1 saturated heterocycles. The maximum Gasteiger partial charge on any atom is 0.321 e. The molecule has 10 nitrogen and oxygen atoms in total. The lowest BCUT2D eigenvalue weighted by atomic mass is 10.2. The molecule has 2 aromatic heterocycles. The number of nitrogens with zero attached hydrogens (tertiary/aromatic N) is 4. The second-order valence-electron chi connectivity index (χ2n) is 7.70. The van der Waals surface area contributed by atoms with Gasteiger partial charge < -0.3 is 15.0 Å². The summed E-state index contributed by atoms with van der Waals surface area (Å²) in [5.41, 5.74) is 0.547. The summed E-state index contributed by atoms with van der Waals surface area (Å²) in [6.45, 7) is 3.95. The number of ether oxygens (including phenoxy) is 1. The Hall–Kier alpha value is -1.99. The number of urea groups is 1. The summed E-state index contributed by atoms with van der Waals surface area (Å²) < 4.78 is 25.4. The molecule has 1 saturated carbocycles. The van der Waals surface area contributed by atoms with Gasteiger partial charge in [0.1, 0.15) is 5.82 Å². The van der Waals surface area contributed by atoms with E-state index in [1.807, 2.05) is 0 Å². The van der Waals surface area contributed by atoms with Crippen LogP contribution in [0.1, 0.15) is 25.5 Å². The molecule has 2 aromatic rings. The number of carbonyl (C=O) groups excluding carboxylic acids is 1. The average Bonchev–Trinajstić information content (AvgIpc) is 3.35. The number of nitrogens with one attached hydrogen (secondary N) is 2. The predicted molar refractivity (Wildman–Crippen MR) is 118 cm³/mol. The van der Waals surface area contributed by atoms with Crippen molar-refractivity contribution >= 4 is 38.9 Å². The maximum atomic E-state index is 12.0. The zero-order valence-electron chi connectivity index (χ0n) is 16.9. The number of anilines is 2. The molecular weight excluding hydrogens is 428 g/mol. The second-order valence-corrected chi connectivity index (χ2v) is 11.0. The van der Waals surface area contributed by atoms with E-state index in [4.69, 9.17) is 9.72 Å². The summed E-state index contributed by atoms with van der Waals surface area (Å²) in [6, 6.07) is 1.93. The highest BCUT2D eigenvalue weighted by atomic mass is 32.3. The monoisotopic (exact) mass is 454 g/mol. The number of hydrogen-bond donors (Lipinski definition) is 4. The fourth-order valence-corrected chi connectivity index (χ4v) is 4.60. The lowest BCUT2D eigenvalue weighted by Crippen LogP contribution is -2.44. The highest BCUT2D eigenvalue weighted by molar-refractivity contribution is 8.23. The van der Waals surface area contributed by atoms with Gasteiger partial charge in [0.2, 0.25) is 0 Å². The molecule has 0 unspecified atom stereocenters. The summed E-state index contributed by atoms with van der Waals surface area (Å²) in [5, 5.41) is 6.05. The molecule has 1 atom stereocenters. The van der Waals surface area contributed by atoms with Crippen molar-refractivity contribution in [3.8, 4) is 10.7 Å². The van der Waals surface area contributed by atoms with Gasteiger partial charge in [-0.2, -0.15) is 10.6 Å². The van der Waals surface area contributed by atoms with Crippen molar-refractivity contribution in [1.82, 2.24) is 20.3 Å². The minimum Gasteiger partial charge on any atom is -0.377 e. The van der Waals surface area contributed by atoms with E-state index < -0.39 is 10.6 Å². The van der Waals surface area contributed by atoms with Gasteiger partial charge in [-0.3, -0.25) is 14.4 Å². The van der Waals surface area contributed by atoms with E-state index in [-0.39, 0.29) is 23.9 Å². The van der Waals surface area contributed by atoms with E-state index in [1.165, 1.54) is 17.6 Å². The second kappa shape index (κ2) is 8.63. The van der Waals surface area contributed by atoms with Gasteiger partial charge in [-0.15, -0.1) is 0 Å². The van der Waals surface area contributed by atoms with E-state index in [9.17, 15) is 13.9 Å². The molecule has 0 radical (unpaired) electrons. The minimum absolute atomic E-state index is 0.0436. The van der Waals surface area contributed by atoms with Gasteiger partial charge in [-0.05, 0) is 19.8 Å². The van der Waals surface area contributed by atoms with Crippen LogP contribution in [0, 0.1) is 0 Å². The van der Waals surface area contributed by atoms with Gasteiger partial charge in [0.25, 0.3) is 0 Å². The van der Waals surface area contributed by atoms with Gasteiger partial charge in [-0.1, -0.05) is 11.3 Å². The number of hydrogen-bond acceptors (Lipinski definition) is 9. The third-order valence-corrected chi connectivity index (χ3v) is 6.46. The normalized spacial score (nSPS) is 20.1. The van der Waals surface area contributed by atoms with Crippen LogP contribution in [-0.2, 0) is 10.5 Å². The minimum atomic E-state index is -2.76. The summed E-state index contributed by atoms with van der Waals surface area (Å²) in [4.78, 5) is 28.3. The molecule has 4 rings (SSSR count). The van der Waals surface area contributed by atoms with Crippen molar-refractivity contribution in [3.05, 3.63) is 18.0 Å². The van der Waals surface area contributed by atoms with E-state index in [0.29, 0.717) is 47.1 Å². The Morgan fingerprint density at radius 1 is 1.40 bits per heavy atom. The summed E-state index contributed by atoms with van der Waals surface area (Å²) in [6.07, 6.45) is 5.04. The van der Waals surface area contributed by atoms with E-state index >= 15 is 0 Å². The van der Waals surface area contributed by atoms with E-state index in [1.54, 1.807) is 12.3 Å².